The molecule has 3 aromatic rings. The fourth-order valence-corrected chi connectivity index (χ4v) is 5.14. The van der Waals surface area contributed by atoms with Crippen LogP contribution in [0.5, 0.6) is 11.5 Å². The monoisotopic (exact) mass is 452 g/mol. The number of carbonyl (C=O) groups is 1. The smallest absolute Gasteiger partial charge is 0.255 e. The van der Waals surface area contributed by atoms with Crippen molar-refractivity contribution in [3.05, 3.63) is 57.3 Å². The van der Waals surface area contributed by atoms with Gasteiger partial charge in [-0.3, -0.25) is 9.69 Å². The summed E-state index contributed by atoms with van der Waals surface area (Å²) in [6.45, 7) is 11.3. The van der Waals surface area contributed by atoms with Crippen molar-refractivity contribution in [2.45, 2.75) is 27.3 Å². The molecule has 2 aromatic heterocycles. The lowest BCUT2D eigenvalue weighted by atomic mass is 10.2. The minimum atomic E-state index is 0.103. The molecule has 1 aromatic carbocycles. The number of aryl methyl sites for hydroxylation is 2. The van der Waals surface area contributed by atoms with Crippen LogP contribution in [0.4, 0.5) is 0 Å². The number of carbonyl (C=O) groups excluding carboxylic acids is 1. The van der Waals surface area contributed by atoms with Gasteiger partial charge in [0.25, 0.3) is 5.91 Å². The highest BCUT2D eigenvalue weighted by molar-refractivity contribution is 7.09. The van der Waals surface area contributed by atoms with Crippen LogP contribution in [-0.4, -0.2) is 64.7 Å². The summed E-state index contributed by atoms with van der Waals surface area (Å²) in [6.07, 6.45) is 0. The molecule has 0 atom stereocenters. The maximum atomic E-state index is 13.4. The molecule has 32 heavy (non-hydrogen) atoms. The van der Waals surface area contributed by atoms with Gasteiger partial charge in [-0.2, -0.15) is 0 Å². The number of piperazine rings is 1. The van der Waals surface area contributed by atoms with E-state index in [1.807, 2.05) is 49.9 Å². The Labute approximate surface area is 192 Å². The quantitative estimate of drug-likeness (QED) is 0.606. The third-order valence-corrected chi connectivity index (χ3v) is 6.98. The first kappa shape index (κ1) is 21.0. The standard InChI is InChI=1S/C24H28N4O3S/c1-16-12-21(17(2)28(16)20-4-5-22-23(13-20)31-11-10-30-22)24(29)27-8-6-26(7-9-27)14-19-15-32-18(3)25-19/h4-5,12-13,15H,6-11,14H2,1-3H3. The van der Waals surface area contributed by atoms with Crippen LogP contribution in [0.15, 0.2) is 29.6 Å². The van der Waals surface area contributed by atoms with Crippen LogP contribution in [-0.2, 0) is 6.54 Å². The molecule has 0 aliphatic carbocycles. The number of hydrogen-bond acceptors (Lipinski definition) is 6. The SMILES string of the molecule is Cc1nc(CN2CCN(C(=O)c3cc(C)n(-c4ccc5c(c4)OCCO5)c3C)CC2)cs1. The number of thiazole rings is 1. The molecule has 5 rings (SSSR count). The number of aromatic nitrogens is 2. The summed E-state index contributed by atoms with van der Waals surface area (Å²) in [5.41, 5.74) is 4.84. The number of rotatable bonds is 4. The van der Waals surface area contributed by atoms with Crippen molar-refractivity contribution in [2.75, 3.05) is 39.4 Å². The van der Waals surface area contributed by atoms with Gasteiger partial charge >= 0.3 is 0 Å². The van der Waals surface area contributed by atoms with E-state index in [-0.39, 0.29) is 5.91 Å². The molecule has 0 bridgehead atoms. The van der Waals surface area contributed by atoms with Crippen molar-refractivity contribution in [1.29, 1.82) is 0 Å². The fraction of sp³-hybridized carbons (Fsp3) is 0.417. The van der Waals surface area contributed by atoms with Gasteiger partial charge in [-0.05, 0) is 39.0 Å². The first-order valence-electron chi connectivity index (χ1n) is 11.0. The summed E-state index contributed by atoms with van der Waals surface area (Å²) in [6, 6.07) is 7.94. The molecule has 0 saturated carbocycles. The predicted octanol–water partition coefficient (Wildman–Crippen LogP) is 3.59. The van der Waals surface area contributed by atoms with Gasteiger partial charge in [0.15, 0.2) is 11.5 Å². The lowest BCUT2D eigenvalue weighted by Gasteiger charge is -2.34. The molecule has 168 valence electrons. The summed E-state index contributed by atoms with van der Waals surface area (Å²) in [5, 5.41) is 3.22. The van der Waals surface area contributed by atoms with E-state index in [0.29, 0.717) is 13.2 Å². The van der Waals surface area contributed by atoms with Crippen LogP contribution in [0.2, 0.25) is 0 Å². The maximum Gasteiger partial charge on any atom is 0.255 e. The third-order valence-electron chi connectivity index (χ3n) is 6.16. The van der Waals surface area contributed by atoms with E-state index in [0.717, 1.165) is 77.6 Å². The summed E-state index contributed by atoms with van der Waals surface area (Å²) in [7, 11) is 0. The molecule has 8 heteroatoms. The summed E-state index contributed by atoms with van der Waals surface area (Å²) in [5.74, 6) is 1.62. The minimum absolute atomic E-state index is 0.103. The summed E-state index contributed by atoms with van der Waals surface area (Å²) in [4.78, 5) is 22.3. The van der Waals surface area contributed by atoms with Gasteiger partial charge in [0.2, 0.25) is 0 Å². The fourth-order valence-electron chi connectivity index (χ4n) is 4.54. The average molecular weight is 453 g/mol. The van der Waals surface area contributed by atoms with E-state index in [4.69, 9.17) is 9.47 Å². The summed E-state index contributed by atoms with van der Waals surface area (Å²) < 4.78 is 13.5. The predicted molar refractivity (Wildman–Crippen MR) is 124 cm³/mol. The van der Waals surface area contributed by atoms with Gasteiger partial charge in [-0.25, -0.2) is 4.98 Å². The molecule has 1 saturated heterocycles. The molecule has 0 spiro atoms. The molecular formula is C24H28N4O3S. The van der Waals surface area contributed by atoms with Crippen LogP contribution in [0.1, 0.15) is 32.4 Å². The number of ether oxygens (including phenoxy) is 2. The number of hydrogen-bond donors (Lipinski definition) is 0. The highest BCUT2D eigenvalue weighted by atomic mass is 32.1. The Morgan fingerprint density at radius 2 is 1.78 bits per heavy atom. The van der Waals surface area contributed by atoms with E-state index >= 15 is 0 Å². The van der Waals surface area contributed by atoms with Crippen LogP contribution >= 0.6 is 11.3 Å². The van der Waals surface area contributed by atoms with Crippen LogP contribution < -0.4 is 9.47 Å². The first-order chi connectivity index (χ1) is 15.5. The largest absolute Gasteiger partial charge is 0.486 e. The Morgan fingerprint density at radius 1 is 1.03 bits per heavy atom. The van der Waals surface area contributed by atoms with E-state index in [9.17, 15) is 4.79 Å². The van der Waals surface area contributed by atoms with E-state index in [1.165, 1.54) is 0 Å². The topological polar surface area (TPSA) is 59.8 Å². The molecular weight excluding hydrogens is 424 g/mol. The highest BCUT2D eigenvalue weighted by Gasteiger charge is 2.26. The Balaban J connectivity index is 1.30. The van der Waals surface area contributed by atoms with Crippen LogP contribution in [0.25, 0.3) is 5.69 Å². The van der Waals surface area contributed by atoms with E-state index in [2.05, 4.69) is 19.8 Å². The van der Waals surface area contributed by atoms with Crippen LogP contribution in [0.3, 0.4) is 0 Å². The highest BCUT2D eigenvalue weighted by Crippen LogP contribution is 2.33. The van der Waals surface area contributed by atoms with Gasteiger partial charge in [-0.1, -0.05) is 0 Å². The molecule has 4 heterocycles. The number of nitrogens with zero attached hydrogens (tertiary/aromatic N) is 4. The van der Waals surface area contributed by atoms with Gasteiger partial charge < -0.3 is 18.9 Å². The van der Waals surface area contributed by atoms with Crippen LogP contribution in [0, 0.1) is 20.8 Å². The molecule has 1 fully saturated rings. The molecule has 2 aliphatic heterocycles. The molecule has 1 amide bonds. The van der Waals surface area contributed by atoms with Gasteiger partial charge in [0.1, 0.15) is 13.2 Å². The summed E-state index contributed by atoms with van der Waals surface area (Å²) >= 11 is 1.69. The molecule has 0 N–H and O–H groups in total. The lowest BCUT2D eigenvalue weighted by molar-refractivity contribution is 0.0626. The second-order valence-corrected chi connectivity index (χ2v) is 9.44. The zero-order chi connectivity index (χ0) is 22.2. The zero-order valence-corrected chi connectivity index (χ0v) is 19.6. The third kappa shape index (κ3) is 4.00. The van der Waals surface area contributed by atoms with Gasteiger partial charge in [0.05, 0.1) is 16.3 Å². The molecule has 0 unspecified atom stereocenters. The lowest BCUT2D eigenvalue weighted by Crippen LogP contribution is -2.48. The van der Waals surface area contributed by atoms with Crippen molar-refractivity contribution in [3.8, 4) is 17.2 Å². The van der Waals surface area contributed by atoms with Gasteiger partial charge in [0, 0.05) is 61.2 Å². The van der Waals surface area contributed by atoms with Crippen molar-refractivity contribution in [3.63, 3.8) is 0 Å². The second kappa shape index (κ2) is 8.60. The molecule has 0 radical (unpaired) electrons. The Kier molecular flexibility index (Phi) is 5.65. The Hall–Kier alpha value is -2.84. The number of benzene rings is 1. The second-order valence-electron chi connectivity index (χ2n) is 8.37. The Bertz CT molecular complexity index is 1140. The number of fused-ring (bicyclic) bond motifs is 1. The molecule has 7 nitrogen and oxygen atoms in total. The minimum Gasteiger partial charge on any atom is -0.486 e. The van der Waals surface area contributed by atoms with Crippen molar-refractivity contribution in [2.24, 2.45) is 0 Å². The van der Waals surface area contributed by atoms with Crippen molar-refractivity contribution >= 4 is 17.2 Å². The molecule has 2 aliphatic rings. The van der Waals surface area contributed by atoms with E-state index < -0.39 is 0 Å². The zero-order valence-electron chi connectivity index (χ0n) is 18.8. The van der Waals surface area contributed by atoms with Gasteiger partial charge in [-0.15, -0.1) is 11.3 Å². The first-order valence-corrected chi connectivity index (χ1v) is 11.9. The van der Waals surface area contributed by atoms with Crippen molar-refractivity contribution in [1.82, 2.24) is 19.4 Å². The average Bonchev–Trinajstić information content (AvgIpc) is 3.35. The van der Waals surface area contributed by atoms with Crippen molar-refractivity contribution < 1.29 is 14.3 Å². The Morgan fingerprint density at radius 3 is 2.50 bits per heavy atom. The normalized spacial score (nSPS) is 16.4. The maximum absolute atomic E-state index is 13.4. The van der Waals surface area contributed by atoms with E-state index in [1.54, 1.807) is 11.3 Å². The number of amides is 1.